The van der Waals surface area contributed by atoms with Gasteiger partial charge >= 0.3 is 0 Å². The Balaban J connectivity index is 1.47. The second kappa shape index (κ2) is 7.13. The number of amides is 1. The van der Waals surface area contributed by atoms with Crippen LogP contribution in [0.2, 0.25) is 0 Å². The summed E-state index contributed by atoms with van der Waals surface area (Å²) in [6, 6.07) is 0.368. The highest BCUT2D eigenvalue weighted by molar-refractivity contribution is 7.10. The maximum Gasteiger partial charge on any atom is 0.255 e. The lowest BCUT2D eigenvalue weighted by Crippen LogP contribution is -2.51. The second-order valence-electron chi connectivity index (χ2n) is 7.42. The summed E-state index contributed by atoms with van der Waals surface area (Å²) in [5.74, 6) is 1.11. The quantitative estimate of drug-likeness (QED) is 0.894. The first-order valence-corrected chi connectivity index (χ1v) is 10.2. The molecule has 4 heterocycles. The van der Waals surface area contributed by atoms with Gasteiger partial charge in [0.15, 0.2) is 0 Å². The molecule has 1 amide bonds. The van der Waals surface area contributed by atoms with E-state index in [1.807, 2.05) is 18.7 Å². The average molecular weight is 375 g/mol. The van der Waals surface area contributed by atoms with Gasteiger partial charge in [-0.2, -0.15) is 0 Å². The molecule has 2 aliphatic heterocycles. The monoisotopic (exact) mass is 374 g/mol. The summed E-state index contributed by atoms with van der Waals surface area (Å²) in [6.45, 7) is 11.3. The number of hydrogen-bond donors (Lipinski definition) is 1. The maximum atomic E-state index is 13.0. The van der Waals surface area contributed by atoms with Gasteiger partial charge in [-0.05, 0) is 32.8 Å². The summed E-state index contributed by atoms with van der Waals surface area (Å²) < 4.78 is 5.29. The van der Waals surface area contributed by atoms with E-state index in [0.29, 0.717) is 6.04 Å². The fourth-order valence-electron chi connectivity index (χ4n) is 3.93. The first-order chi connectivity index (χ1) is 12.5. The predicted octanol–water partition coefficient (Wildman–Crippen LogP) is 2.35. The summed E-state index contributed by atoms with van der Waals surface area (Å²) in [6.07, 6.45) is 0.935. The summed E-state index contributed by atoms with van der Waals surface area (Å²) in [5.41, 5.74) is 4.36. The van der Waals surface area contributed by atoms with Crippen molar-refractivity contribution in [3.63, 3.8) is 0 Å². The van der Waals surface area contributed by atoms with E-state index in [1.54, 1.807) is 11.3 Å². The van der Waals surface area contributed by atoms with E-state index in [0.717, 1.165) is 62.7 Å². The van der Waals surface area contributed by atoms with Crippen molar-refractivity contribution in [2.45, 2.75) is 46.3 Å². The van der Waals surface area contributed by atoms with Gasteiger partial charge < -0.3 is 14.7 Å². The number of thiophene rings is 1. The van der Waals surface area contributed by atoms with Crippen molar-refractivity contribution < 1.29 is 9.32 Å². The van der Waals surface area contributed by atoms with Gasteiger partial charge in [-0.3, -0.25) is 9.69 Å². The molecular formula is C19H26N4O2S. The molecule has 2 aromatic heterocycles. The molecule has 0 radical (unpaired) electrons. The molecule has 26 heavy (non-hydrogen) atoms. The molecule has 1 saturated heterocycles. The molecule has 1 fully saturated rings. The van der Waals surface area contributed by atoms with Crippen molar-refractivity contribution in [1.29, 1.82) is 0 Å². The van der Waals surface area contributed by atoms with Crippen LogP contribution < -0.4 is 5.32 Å². The van der Waals surface area contributed by atoms with Gasteiger partial charge in [-0.15, -0.1) is 11.3 Å². The molecular weight excluding hydrogens is 348 g/mol. The Morgan fingerprint density at radius 2 is 2.27 bits per heavy atom. The van der Waals surface area contributed by atoms with Gasteiger partial charge in [0.25, 0.3) is 5.91 Å². The number of piperazine rings is 1. The van der Waals surface area contributed by atoms with Crippen molar-refractivity contribution in [2.75, 3.05) is 26.2 Å². The number of carbonyl (C=O) groups is 1. The number of aromatic nitrogens is 1. The van der Waals surface area contributed by atoms with E-state index in [-0.39, 0.29) is 5.91 Å². The zero-order valence-corrected chi connectivity index (χ0v) is 16.5. The predicted molar refractivity (Wildman–Crippen MR) is 101 cm³/mol. The number of aryl methyl sites for hydroxylation is 2. The van der Waals surface area contributed by atoms with Crippen LogP contribution in [0.15, 0.2) is 9.90 Å². The number of carbonyl (C=O) groups excluding carboxylic acids is 1. The summed E-state index contributed by atoms with van der Waals surface area (Å²) in [7, 11) is 0. The standard InChI is InChI=1S/C19H26N4O2S/c1-12-8-23(7-5-20-12)19(24)17-11-26-18-10-22(6-4-15(17)18)9-16-13(2)21-25-14(16)3/h11-12,20H,4-10H2,1-3H3. The Bertz CT molecular complexity index is 793. The molecule has 1 unspecified atom stereocenters. The van der Waals surface area contributed by atoms with E-state index >= 15 is 0 Å². The van der Waals surface area contributed by atoms with E-state index < -0.39 is 0 Å². The molecule has 6 nitrogen and oxygen atoms in total. The largest absolute Gasteiger partial charge is 0.361 e. The molecule has 2 aromatic rings. The smallest absolute Gasteiger partial charge is 0.255 e. The third kappa shape index (κ3) is 3.31. The summed E-state index contributed by atoms with van der Waals surface area (Å²) in [4.78, 5) is 18.7. The van der Waals surface area contributed by atoms with Crippen molar-refractivity contribution >= 4 is 17.2 Å². The van der Waals surface area contributed by atoms with Crippen LogP contribution in [0, 0.1) is 13.8 Å². The second-order valence-corrected chi connectivity index (χ2v) is 8.39. The molecule has 0 aromatic carbocycles. The van der Waals surface area contributed by atoms with Crippen LogP contribution in [0.1, 0.15) is 44.7 Å². The highest BCUT2D eigenvalue weighted by Gasteiger charge is 2.28. The Morgan fingerprint density at radius 1 is 1.42 bits per heavy atom. The van der Waals surface area contributed by atoms with Crippen molar-refractivity contribution in [3.05, 3.63) is 38.4 Å². The van der Waals surface area contributed by atoms with Crippen LogP contribution in [0.25, 0.3) is 0 Å². The lowest BCUT2D eigenvalue weighted by Gasteiger charge is -2.32. The number of nitrogens with zero attached hydrogens (tertiary/aromatic N) is 3. The van der Waals surface area contributed by atoms with Crippen LogP contribution in [-0.4, -0.2) is 53.1 Å². The minimum Gasteiger partial charge on any atom is -0.361 e. The van der Waals surface area contributed by atoms with Crippen molar-refractivity contribution in [3.8, 4) is 0 Å². The van der Waals surface area contributed by atoms with Crippen LogP contribution in [0.5, 0.6) is 0 Å². The Hall–Kier alpha value is -1.70. The zero-order chi connectivity index (χ0) is 18.3. The summed E-state index contributed by atoms with van der Waals surface area (Å²) >= 11 is 1.73. The van der Waals surface area contributed by atoms with Gasteiger partial charge in [-0.25, -0.2) is 0 Å². The number of nitrogens with one attached hydrogen (secondary N) is 1. The molecule has 0 spiro atoms. The minimum atomic E-state index is 0.204. The Kier molecular flexibility index (Phi) is 4.86. The Labute approximate surface area is 158 Å². The lowest BCUT2D eigenvalue weighted by molar-refractivity contribution is 0.0707. The van der Waals surface area contributed by atoms with E-state index in [9.17, 15) is 4.79 Å². The van der Waals surface area contributed by atoms with Crippen molar-refractivity contribution in [2.24, 2.45) is 0 Å². The molecule has 0 bridgehead atoms. The number of hydrogen-bond acceptors (Lipinski definition) is 6. The molecule has 7 heteroatoms. The van der Waals surface area contributed by atoms with E-state index in [4.69, 9.17) is 4.52 Å². The average Bonchev–Trinajstić information content (AvgIpc) is 3.19. The third-order valence-electron chi connectivity index (χ3n) is 5.48. The number of rotatable bonds is 3. The van der Waals surface area contributed by atoms with Gasteiger partial charge in [0.05, 0.1) is 11.3 Å². The van der Waals surface area contributed by atoms with E-state index in [2.05, 4.69) is 27.7 Å². The Morgan fingerprint density at radius 3 is 3.00 bits per heavy atom. The molecule has 140 valence electrons. The zero-order valence-electron chi connectivity index (χ0n) is 15.7. The molecule has 1 N–H and O–H groups in total. The minimum absolute atomic E-state index is 0.204. The molecule has 1 atom stereocenters. The van der Waals surface area contributed by atoms with Crippen LogP contribution in [0.4, 0.5) is 0 Å². The van der Waals surface area contributed by atoms with E-state index in [1.165, 1.54) is 16.0 Å². The topological polar surface area (TPSA) is 61.6 Å². The third-order valence-corrected chi connectivity index (χ3v) is 6.49. The SMILES string of the molecule is Cc1noc(C)c1CN1CCc2c(C(=O)N3CCNC(C)C3)csc2C1. The summed E-state index contributed by atoms with van der Waals surface area (Å²) in [5, 5.41) is 9.52. The van der Waals surface area contributed by atoms with Crippen molar-refractivity contribution in [1.82, 2.24) is 20.3 Å². The van der Waals surface area contributed by atoms with Gasteiger partial charge in [0.1, 0.15) is 5.76 Å². The van der Waals surface area contributed by atoms with Gasteiger partial charge in [0, 0.05) is 61.1 Å². The molecule has 4 rings (SSSR count). The fourth-order valence-corrected chi connectivity index (χ4v) is 5.05. The van der Waals surface area contributed by atoms with Crippen LogP contribution in [-0.2, 0) is 19.5 Å². The molecule has 0 aliphatic carbocycles. The molecule has 2 aliphatic rings. The highest BCUT2D eigenvalue weighted by atomic mass is 32.1. The van der Waals surface area contributed by atoms with Gasteiger partial charge in [0.2, 0.25) is 0 Å². The normalized spacial score (nSPS) is 21.0. The first kappa shape index (κ1) is 17.7. The first-order valence-electron chi connectivity index (χ1n) is 9.29. The lowest BCUT2D eigenvalue weighted by atomic mass is 10.0. The highest BCUT2D eigenvalue weighted by Crippen LogP contribution is 2.31. The van der Waals surface area contributed by atoms with Crippen LogP contribution in [0.3, 0.4) is 0 Å². The fraction of sp³-hybridized carbons (Fsp3) is 0.579. The number of fused-ring (bicyclic) bond motifs is 1. The molecule has 0 saturated carbocycles. The maximum absolute atomic E-state index is 13.0. The van der Waals surface area contributed by atoms with Gasteiger partial charge in [-0.1, -0.05) is 5.16 Å². The van der Waals surface area contributed by atoms with Crippen LogP contribution >= 0.6 is 11.3 Å².